The third kappa shape index (κ3) is 14.9. The number of anilines is 5. The Hall–Kier alpha value is -6.53. The molecule has 5 N–H and O–H groups in total. The van der Waals surface area contributed by atoms with E-state index in [4.69, 9.17) is 16.6 Å². The average Bonchev–Trinajstić information content (AvgIpc) is 4.24. The zero-order chi connectivity index (χ0) is 58.9. The summed E-state index contributed by atoms with van der Waals surface area (Å²) in [6.45, 7) is 28.1. The third-order valence-corrected chi connectivity index (χ3v) is 17.6. The van der Waals surface area contributed by atoms with Gasteiger partial charge in [-0.05, 0) is 137 Å². The van der Waals surface area contributed by atoms with Crippen molar-refractivity contribution in [3.8, 4) is 0 Å². The number of hydrogen-bond acceptors (Lipinski definition) is 16. The zero-order valence-electron chi connectivity index (χ0n) is 48.2. The maximum atomic E-state index is 13.6. The first kappa shape index (κ1) is 60.6. The van der Waals surface area contributed by atoms with Gasteiger partial charge in [0.1, 0.15) is 34.2 Å². The summed E-state index contributed by atoms with van der Waals surface area (Å²) in [6.07, 6.45) is 5.59. The van der Waals surface area contributed by atoms with Crippen LogP contribution in [0.1, 0.15) is 128 Å². The summed E-state index contributed by atoms with van der Waals surface area (Å²) in [5, 5.41) is 8.95. The average molecular weight is 1180 g/mol. The van der Waals surface area contributed by atoms with Crippen LogP contribution in [0.25, 0.3) is 0 Å². The number of nitrogens with zero attached hydrogens (tertiary/aromatic N) is 9. The number of urea groups is 2. The van der Waals surface area contributed by atoms with Gasteiger partial charge < -0.3 is 35.6 Å². The molecule has 81 heavy (non-hydrogen) atoms. The van der Waals surface area contributed by atoms with Gasteiger partial charge in [0.15, 0.2) is 10.1 Å². The third-order valence-electron chi connectivity index (χ3n) is 14.9. The van der Waals surface area contributed by atoms with Crippen molar-refractivity contribution < 1.29 is 36.0 Å². The van der Waals surface area contributed by atoms with E-state index >= 15 is 0 Å². The highest BCUT2D eigenvalue weighted by molar-refractivity contribution is 7.90. The molecule has 6 aliphatic rings. The van der Waals surface area contributed by atoms with Crippen molar-refractivity contribution in [2.24, 2.45) is 22.7 Å². The Morgan fingerprint density at radius 2 is 1.06 bits per heavy atom. The topological polar surface area (TPSA) is 264 Å². The smallest absolute Gasteiger partial charge is 0.325 e. The molecule has 4 fully saturated rings. The summed E-state index contributed by atoms with van der Waals surface area (Å²) in [7, 11) is -8.40. The number of rotatable bonds is 3. The molecule has 0 spiro atoms. The Bertz CT molecular complexity index is 3240. The van der Waals surface area contributed by atoms with E-state index < -0.39 is 31.9 Å². The second-order valence-electron chi connectivity index (χ2n) is 25.4. The van der Waals surface area contributed by atoms with Gasteiger partial charge in [-0.15, -0.1) is 0 Å². The molecular weight excluding hydrogens is 1100 g/mol. The fraction of sp³-hybridized carbons (Fsp3) is 0.571. The Kier molecular flexibility index (Phi) is 17.8. The molecule has 25 heteroatoms. The zero-order valence-corrected chi connectivity index (χ0v) is 50.6. The van der Waals surface area contributed by atoms with Crippen LogP contribution in [0.4, 0.5) is 38.7 Å². The lowest BCUT2D eigenvalue weighted by atomic mass is 9.93. The number of carbonyl (C=O) groups excluding carboxylic acids is 4. The summed E-state index contributed by atoms with van der Waals surface area (Å²) < 4.78 is 56.2. The molecule has 0 unspecified atom stereocenters. The summed E-state index contributed by atoms with van der Waals surface area (Å²) in [5.41, 5.74) is -0.0935. The number of carbonyl (C=O) groups is 4. The molecule has 0 saturated carbocycles. The minimum atomic E-state index is -4.24. The molecule has 0 aliphatic carbocycles. The van der Waals surface area contributed by atoms with E-state index in [0.717, 1.165) is 64.7 Å². The Balaban J connectivity index is 0.000000184. The first-order chi connectivity index (χ1) is 37.9. The van der Waals surface area contributed by atoms with Crippen molar-refractivity contribution in [2.45, 2.75) is 129 Å². The van der Waals surface area contributed by atoms with Gasteiger partial charge in [-0.3, -0.25) is 14.5 Å². The maximum absolute atomic E-state index is 13.6. The summed E-state index contributed by atoms with van der Waals surface area (Å²) in [5.74, 6) is 1.38. The second kappa shape index (κ2) is 23.7. The number of amides is 6. The minimum Gasteiger partial charge on any atom is -0.370 e. The molecule has 4 saturated heterocycles. The monoisotopic (exact) mass is 1170 g/mol. The highest BCUT2D eigenvalue weighted by Crippen LogP contribution is 2.42. The highest BCUT2D eigenvalue weighted by atomic mass is 35.5. The molecule has 2 atom stereocenters. The minimum absolute atomic E-state index is 0.0440. The number of pyridine rings is 4. The van der Waals surface area contributed by atoms with Gasteiger partial charge in [-0.25, -0.2) is 39.0 Å². The van der Waals surface area contributed by atoms with Crippen LogP contribution < -0.4 is 40.1 Å². The van der Waals surface area contributed by atoms with Gasteiger partial charge in [-0.1, -0.05) is 65.3 Å². The van der Waals surface area contributed by atoms with Crippen molar-refractivity contribution in [3.63, 3.8) is 0 Å². The Morgan fingerprint density at radius 3 is 1.54 bits per heavy atom. The number of sulfonamides is 2. The Labute approximate surface area is 482 Å². The quantitative estimate of drug-likeness (QED) is 0.122. The molecule has 6 amide bonds. The van der Waals surface area contributed by atoms with E-state index in [1.165, 1.54) is 24.3 Å². The maximum Gasteiger partial charge on any atom is 0.325 e. The molecule has 22 nitrogen and oxygen atoms in total. The molecule has 6 aliphatic heterocycles. The molecule has 440 valence electrons. The second-order valence-corrected chi connectivity index (χ2v) is 29.0. The lowest BCUT2D eigenvalue weighted by Gasteiger charge is -2.34. The van der Waals surface area contributed by atoms with Gasteiger partial charge in [0.05, 0.1) is 11.1 Å². The van der Waals surface area contributed by atoms with Crippen LogP contribution in [0.15, 0.2) is 70.7 Å². The van der Waals surface area contributed by atoms with E-state index in [9.17, 15) is 36.0 Å². The van der Waals surface area contributed by atoms with Crippen molar-refractivity contribution in [1.29, 1.82) is 0 Å². The first-order valence-corrected chi connectivity index (χ1v) is 31.1. The first-order valence-electron chi connectivity index (χ1n) is 27.8. The van der Waals surface area contributed by atoms with Crippen molar-refractivity contribution in [1.82, 2.24) is 44.5 Å². The number of hydrogen-bond donors (Lipinski definition) is 5. The molecular formula is C56H79ClN14O8S2. The van der Waals surface area contributed by atoms with Gasteiger partial charge in [0.25, 0.3) is 31.9 Å². The Morgan fingerprint density at radius 1 is 0.580 bits per heavy atom. The molecule has 0 aromatic carbocycles. The number of halogens is 1. The number of aromatic nitrogens is 4. The van der Waals surface area contributed by atoms with Crippen LogP contribution in [0.5, 0.6) is 0 Å². The van der Waals surface area contributed by atoms with Crippen LogP contribution in [-0.4, -0.2) is 147 Å². The fourth-order valence-electron chi connectivity index (χ4n) is 11.4. The van der Waals surface area contributed by atoms with Crippen molar-refractivity contribution in [3.05, 3.63) is 76.9 Å². The standard InChI is InChI=1S/C28H39N7O4S.C20H24ClN5O3S.C8H16N2O/c1-27(2,3)18-33-14-15-34(26(33)37)22-12-11-20-24(31-22)35-17-19(16-28(35,4)5)8-7-13-29-21-9-6-10-23(30-21)40(38,39)32-25(20)36;1-20(2)11-13-5-4-10-22-16-6-3-7-17(24-16)30(28,29)25-19(27)14-8-9-15(21)23-18(14)26(20)12-13;1-8(2,3)6-10-5-4-9-7(10)11/h6,9-12,19H,7-8,13-18H2,1-5H3,(H,29,30)(H,32,36);3,6-9,13H,4-5,10-12H2,1-2H3,(H,22,24)(H,25,27);4-6H2,1-3H3,(H,9,11)/t19-;13-;/m00./s1. The van der Waals surface area contributed by atoms with E-state index in [0.29, 0.717) is 80.2 Å². The molecule has 4 aromatic heterocycles. The molecule has 4 aromatic rings. The number of fused-ring (bicyclic) bond motifs is 12. The van der Waals surface area contributed by atoms with E-state index in [2.05, 4.69) is 119 Å². The lowest BCUT2D eigenvalue weighted by molar-refractivity contribution is 0.0972. The molecule has 10 rings (SSSR count). The van der Waals surface area contributed by atoms with Gasteiger partial charge in [0, 0.05) is 76.5 Å². The normalized spacial score (nSPS) is 22.2. The van der Waals surface area contributed by atoms with Crippen molar-refractivity contribution in [2.75, 3.05) is 90.8 Å². The summed E-state index contributed by atoms with van der Waals surface area (Å²) in [6, 6.07) is 15.5. The van der Waals surface area contributed by atoms with Gasteiger partial charge in [0.2, 0.25) is 0 Å². The van der Waals surface area contributed by atoms with E-state index in [-0.39, 0.29) is 60.3 Å². The van der Waals surface area contributed by atoms with Crippen LogP contribution in [0, 0.1) is 22.7 Å². The van der Waals surface area contributed by atoms with E-state index in [1.54, 1.807) is 41.3 Å². The van der Waals surface area contributed by atoms with Gasteiger partial charge >= 0.3 is 12.1 Å². The molecule has 10 heterocycles. The predicted molar refractivity (Wildman–Crippen MR) is 314 cm³/mol. The summed E-state index contributed by atoms with van der Waals surface area (Å²) in [4.78, 5) is 78.1. The highest BCUT2D eigenvalue weighted by Gasteiger charge is 2.43. The number of nitrogens with one attached hydrogen (secondary N) is 5. The summed E-state index contributed by atoms with van der Waals surface area (Å²) >= 11 is 6.14. The van der Waals surface area contributed by atoms with Crippen LogP contribution in [0.3, 0.4) is 0 Å². The fourth-order valence-corrected chi connectivity index (χ4v) is 13.4. The molecule has 8 bridgehead atoms. The largest absolute Gasteiger partial charge is 0.370 e. The van der Waals surface area contributed by atoms with E-state index in [1.807, 2.05) is 9.80 Å². The lowest BCUT2D eigenvalue weighted by Crippen LogP contribution is -2.41. The van der Waals surface area contributed by atoms with Crippen molar-refractivity contribution >= 4 is 84.6 Å². The van der Waals surface area contributed by atoms with Gasteiger partial charge in [-0.2, -0.15) is 16.8 Å². The van der Waals surface area contributed by atoms with Crippen LogP contribution in [0.2, 0.25) is 5.15 Å². The molecule has 0 radical (unpaired) electrons. The predicted octanol–water partition coefficient (Wildman–Crippen LogP) is 7.81. The van der Waals surface area contributed by atoms with Crippen LogP contribution >= 0.6 is 11.6 Å². The SMILES string of the molecule is CC(C)(C)CN1CCN(c2ccc3c(n2)N2C[C@@H](CCCNc4cccc(n4)S(=O)(=O)NC3=O)CC2(C)C)C1=O.CC(C)(C)CN1CCNC1=O.CC1(C)C[C@@H]2CCCNc3cccc(n3)S(=O)(=O)NC(=O)c3ccc(Cl)nc3N1C2. The van der Waals surface area contributed by atoms with Crippen LogP contribution in [-0.2, 0) is 20.0 Å².